The first kappa shape index (κ1) is 14.5. The minimum atomic E-state index is -0.244. The Hall–Kier alpha value is -0.880. The van der Waals surface area contributed by atoms with Crippen molar-refractivity contribution in [1.82, 2.24) is 9.88 Å². The van der Waals surface area contributed by atoms with Gasteiger partial charge in [-0.2, -0.15) is 0 Å². The maximum atomic E-state index is 11.9. The van der Waals surface area contributed by atoms with Crippen molar-refractivity contribution in [2.24, 2.45) is 0 Å². The summed E-state index contributed by atoms with van der Waals surface area (Å²) in [6.07, 6.45) is 2.59. The number of pyridine rings is 1. The minimum Gasteiger partial charge on any atom is -0.393 e. The van der Waals surface area contributed by atoms with Crippen LogP contribution in [-0.4, -0.2) is 46.6 Å². The van der Waals surface area contributed by atoms with E-state index in [0.717, 1.165) is 13.1 Å². The summed E-state index contributed by atoms with van der Waals surface area (Å²) in [5.74, 6) is 0.140. The Morgan fingerprint density at radius 2 is 2.16 bits per heavy atom. The third kappa shape index (κ3) is 4.31. The molecular formula is C12H15Cl2N3O2. The lowest BCUT2D eigenvalue weighted by Gasteiger charge is -2.28. The Balaban J connectivity index is 1.87. The van der Waals surface area contributed by atoms with Crippen molar-refractivity contribution in [3.8, 4) is 0 Å². The van der Waals surface area contributed by atoms with Crippen molar-refractivity contribution < 1.29 is 9.90 Å². The quantitative estimate of drug-likeness (QED) is 0.893. The molecule has 1 saturated heterocycles. The van der Waals surface area contributed by atoms with Gasteiger partial charge in [0.2, 0.25) is 5.91 Å². The van der Waals surface area contributed by atoms with E-state index in [1.807, 2.05) is 4.90 Å². The van der Waals surface area contributed by atoms with E-state index < -0.39 is 0 Å². The van der Waals surface area contributed by atoms with Gasteiger partial charge in [0.1, 0.15) is 0 Å². The fourth-order valence-electron chi connectivity index (χ4n) is 1.96. The highest BCUT2D eigenvalue weighted by molar-refractivity contribution is 6.36. The van der Waals surface area contributed by atoms with E-state index >= 15 is 0 Å². The van der Waals surface area contributed by atoms with E-state index in [2.05, 4.69) is 10.3 Å². The standard InChI is InChI=1S/C12H15Cl2N3O2/c13-8-5-10(14)12(15-6-8)16-11(19)7-17-3-1-9(18)2-4-17/h5-6,9,18H,1-4,7H2,(H,15,16,19). The van der Waals surface area contributed by atoms with Crippen molar-refractivity contribution >= 4 is 34.9 Å². The molecule has 0 aliphatic carbocycles. The molecule has 0 saturated carbocycles. The molecule has 0 radical (unpaired) electrons. The van der Waals surface area contributed by atoms with Gasteiger partial charge in [0, 0.05) is 19.3 Å². The molecule has 1 aliphatic rings. The van der Waals surface area contributed by atoms with Crippen LogP contribution in [0.4, 0.5) is 5.82 Å². The molecule has 0 bridgehead atoms. The topological polar surface area (TPSA) is 65.5 Å². The molecule has 19 heavy (non-hydrogen) atoms. The molecule has 1 fully saturated rings. The first-order chi connectivity index (χ1) is 9.04. The maximum absolute atomic E-state index is 11.9. The zero-order chi connectivity index (χ0) is 13.8. The van der Waals surface area contributed by atoms with Crippen LogP contribution >= 0.6 is 23.2 Å². The van der Waals surface area contributed by atoms with Crippen molar-refractivity contribution in [2.45, 2.75) is 18.9 Å². The number of likely N-dealkylation sites (tertiary alicyclic amines) is 1. The summed E-state index contributed by atoms with van der Waals surface area (Å²) >= 11 is 11.7. The lowest BCUT2D eigenvalue weighted by molar-refractivity contribution is -0.117. The summed E-state index contributed by atoms with van der Waals surface area (Å²) in [5.41, 5.74) is 0. The molecule has 2 N–H and O–H groups in total. The predicted molar refractivity (Wildman–Crippen MR) is 74.6 cm³/mol. The molecule has 2 heterocycles. The van der Waals surface area contributed by atoms with Crippen LogP contribution in [0.25, 0.3) is 0 Å². The number of halogens is 2. The van der Waals surface area contributed by atoms with Crippen molar-refractivity contribution in [3.05, 3.63) is 22.3 Å². The molecule has 104 valence electrons. The Bertz CT molecular complexity index is 462. The number of carbonyl (C=O) groups is 1. The molecule has 1 aromatic heterocycles. The zero-order valence-electron chi connectivity index (χ0n) is 10.3. The van der Waals surface area contributed by atoms with Gasteiger partial charge >= 0.3 is 0 Å². The van der Waals surface area contributed by atoms with Gasteiger partial charge in [0.25, 0.3) is 0 Å². The second-order valence-electron chi connectivity index (χ2n) is 4.54. The normalized spacial score (nSPS) is 17.4. The van der Waals surface area contributed by atoms with Gasteiger partial charge in [-0.1, -0.05) is 23.2 Å². The van der Waals surface area contributed by atoms with Gasteiger partial charge in [0.15, 0.2) is 5.82 Å². The van der Waals surface area contributed by atoms with Crippen molar-refractivity contribution in [1.29, 1.82) is 0 Å². The molecule has 1 amide bonds. The summed E-state index contributed by atoms with van der Waals surface area (Å²) < 4.78 is 0. The first-order valence-electron chi connectivity index (χ1n) is 6.06. The number of aliphatic hydroxyl groups excluding tert-OH is 1. The van der Waals surface area contributed by atoms with Crippen molar-refractivity contribution in [2.75, 3.05) is 25.0 Å². The smallest absolute Gasteiger partial charge is 0.239 e. The molecule has 0 spiro atoms. The third-order valence-electron chi connectivity index (χ3n) is 2.99. The lowest BCUT2D eigenvalue weighted by atomic mass is 10.1. The number of anilines is 1. The molecule has 0 atom stereocenters. The number of carbonyl (C=O) groups excluding carboxylic acids is 1. The fraction of sp³-hybridized carbons (Fsp3) is 0.500. The number of nitrogens with one attached hydrogen (secondary N) is 1. The summed E-state index contributed by atoms with van der Waals surface area (Å²) in [4.78, 5) is 17.8. The Kier molecular flexibility index (Phi) is 4.99. The fourth-order valence-corrected chi connectivity index (χ4v) is 2.39. The molecular weight excluding hydrogens is 289 g/mol. The Labute approximate surface area is 121 Å². The number of hydrogen-bond donors (Lipinski definition) is 2. The number of hydrogen-bond acceptors (Lipinski definition) is 4. The SMILES string of the molecule is O=C(CN1CCC(O)CC1)Nc1ncc(Cl)cc1Cl. The van der Waals surface area contributed by atoms with Gasteiger partial charge in [-0.15, -0.1) is 0 Å². The number of nitrogens with zero attached hydrogens (tertiary/aromatic N) is 2. The van der Waals surface area contributed by atoms with Gasteiger partial charge in [-0.25, -0.2) is 4.98 Å². The third-order valence-corrected chi connectivity index (χ3v) is 3.48. The summed E-state index contributed by atoms with van der Waals surface area (Å²) in [6.45, 7) is 1.71. The lowest BCUT2D eigenvalue weighted by Crippen LogP contribution is -2.40. The van der Waals surface area contributed by atoms with Crippen LogP contribution in [0.15, 0.2) is 12.3 Å². The summed E-state index contributed by atoms with van der Waals surface area (Å²) in [6, 6.07) is 1.53. The van der Waals surface area contributed by atoms with E-state index in [4.69, 9.17) is 23.2 Å². The van der Waals surface area contributed by atoms with Gasteiger partial charge in [-0.05, 0) is 18.9 Å². The van der Waals surface area contributed by atoms with E-state index in [-0.39, 0.29) is 18.6 Å². The summed E-state index contributed by atoms with van der Waals surface area (Å²) in [5, 5.41) is 12.8. The number of aliphatic hydroxyl groups is 1. The van der Waals surface area contributed by atoms with Crippen LogP contribution in [0.3, 0.4) is 0 Å². The number of amides is 1. The first-order valence-corrected chi connectivity index (χ1v) is 6.81. The van der Waals surface area contributed by atoms with Crippen LogP contribution in [0.5, 0.6) is 0 Å². The van der Waals surface area contributed by atoms with Gasteiger partial charge in [-0.3, -0.25) is 9.69 Å². The predicted octanol–water partition coefficient (Wildman–Crippen LogP) is 1.78. The van der Waals surface area contributed by atoms with E-state index in [9.17, 15) is 9.90 Å². The molecule has 5 nitrogen and oxygen atoms in total. The Morgan fingerprint density at radius 3 is 2.79 bits per heavy atom. The number of rotatable bonds is 3. The highest BCUT2D eigenvalue weighted by atomic mass is 35.5. The second-order valence-corrected chi connectivity index (χ2v) is 5.38. The van der Waals surface area contributed by atoms with Gasteiger partial charge in [0.05, 0.1) is 22.7 Å². The molecule has 0 unspecified atom stereocenters. The highest BCUT2D eigenvalue weighted by Gasteiger charge is 2.19. The Morgan fingerprint density at radius 1 is 1.47 bits per heavy atom. The number of aromatic nitrogens is 1. The average molecular weight is 304 g/mol. The van der Waals surface area contributed by atoms with Crippen LogP contribution in [0.2, 0.25) is 10.0 Å². The van der Waals surface area contributed by atoms with E-state index in [1.165, 1.54) is 12.3 Å². The highest BCUT2D eigenvalue weighted by Crippen LogP contribution is 2.22. The summed E-state index contributed by atoms with van der Waals surface area (Å²) in [7, 11) is 0. The molecule has 1 aliphatic heterocycles. The van der Waals surface area contributed by atoms with Crippen molar-refractivity contribution in [3.63, 3.8) is 0 Å². The van der Waals surface area contributed by atoms with Crippen LogP contribution in [0, 0.1) is 0 Å². The van der Waals surface area contributed by atoms with Crippen LogP contribution in [0.1, 0.15) is 12.8 Å². The maximum Gasteiger partial charge on any atom is 0.239 e. The van der Waals surface area contributed by atoms with E-state index in [1.54, 1.807) is 0 Å². The molecule has 2 rings (SSSR count). The molecule has 1 aromatic rings. The molecule has 0 aromatic carbocycles. The zero-order valence-corrected chi connectivity index (χ0v) is 11.8. The second kappa shape index (κ2) is 6.52. The van der Waals surface area contributed by atoms with E-state index in [0.29, 0.717) is 28.7 Å². The van der Waals surface area contributed by atoms with Crippen LogP contribution in [-0.2, 0) is 4.79 Å². The minimum absolute atomic E-state index is 0.173. The monoisotopic (exact) mass is 303 g/mol. The van der Waals surface area contributed by atoms with Gasteiger partial charge < -0.3 is 10.4 Å². The van der Waals surface area contributed by atoms with Crippen LogP contribution < -0.4 is 5.32 Å². The largest absolute Gasteiger partial charge is 0.393 e. The average Bonchev–Trinajstić information content (AvgIpc) is 2.36. The molecule has 7 heteroatoms. The number of piperidine rings is 1.